The smallest absolute Gasteiger partial charge is 0.306 e. The monoisotopic (exact) mass is 236 g/mol. The number of carbonyl (C=O) groups is 1. The summed E-state index contributed by atoms with van der Waals surface area (Å²) >= 11 is 0. The number of rotatable bonds is 4. The quantitative estimate of drug-likeness (QED) is 0.816. The van der Waals surface area contributed by atoms with Crippen LogP contribution in [0.3, 0.4) is 0 Å². The number of carboxylic acid groups (broad SMARTS) is 1. The molecule has 2 rings (SSSR count). The van der Waals surface area contributed by atoms with Gasteiger partial charge in [0.05, 0.1) is 18.3 Å². The molecule has 1 aliphatic rings. The van der Waals surface area contributed by atoms with E-state index in [0.717, 1.165) is 32.2 Å². The van der Waals surface area contributed by atoms with Crippen molar-refractivity contribution in [3.63, 3.8) is 0 Å². The van der Waals surface area contributed by atoms with Gasteiger partial charge in [-0.3, -0.25) is 4.79 Å². The Bertz CT molecular complexity index is 363. The highest BCUT2D eigenvalue weighted by Crippen LogP contribution is 2.28. The summed E-state index contributed by atoms with van der Waals surface area (Å²) in [6.45, 7) is 0.790. The molecule has 0 bridgehead atoms. The molecule has 1 fully saturated rings. The van der Waals surface area contributed by atoms with Crippen LogP contribution in [0.25, 0.3) is 0 Å². The Morgan fingerprint density at radius 1 is 1.35 bits per heavy atom. The highest BCUT2D eigenvalue weighted by atomic mass is 16.4. The van der Waals surface area contributed by atoms with Gasteiger partial charge >= 0.3 is 5.97 Å². The molecule has 0 spiro atoms. The molecule has 0 aliphatic heterocycles. The second-order valence-electron chi connectivity index (χ2n) is 4.40. The number of nitrogens with one attached hydrogen (secondary N) is 1. The van der Waals surface area contributed by atoms with Gasteiger partial charge in [0.2, 0.25) is 5.95 Å². The molecule has 0 aromatic carbocycles. The summed E-state index contributed by atoms with van der Waals surface area (Å²) in [4.78, 5) is 14.8. The van der Waals surface area contributed by atoms with Gasteiger partial charge in [0.1, 0.15) is 0 Å². The van der Waals surface area contributed by atoms with Gasteiger partial charge in [-0.1, -0.05) is 0 Å². The standard InChI is InChI=1S/C11H16N4O2/c16-10(17)9-3-1-8(2-4-9)7-13-11-12-5-6-14-15-11/h5-6,8-9H,1-4,7H2,(H,16,17)(H,12,13,15). The van der Waals surface area contributed by atoms with Crippen LogP contribution in [0.2, 0.25) is 0 Å². The topological polar surface area (TPSA) is 88.0 Å². The Hall–Kier alpha value is -1.72. The molecular formula is C11H16N4O2. The fraction of sp³-hybridized carbons (Fsp3) is 0.636. The number of hydrogen-bond acceptors (Lipinski definition) is 5. The molecule has 0 atom stereocenters. The van der Waals surface area contributed by atoms with Gasteiger partial charge in [-0.05, 0) is 31.6 Å². The van der Waals surface area contributed by atoms with Crippen LogP contribution in [0.15, 0.2) is 12.4 Å². The minimum atomic E-state index is -0.660. The normalized spacial score (nSPS) is 24.2. The maximum Gasteiger partial charge on any atom is 0.306 e. The minimum absolute atomic E-state index is 0.152. The number of anilines is 1. The summed E-state index contributed by atoms with van der Waals surface area (Å²) in [5.41, 5.74) is 0. The van der Waals surface area contributed by atoms with Crippen LogP contribution in [0.1, 0.15) is 25.7 Å². The first-order valence-corrected chi connectivity index (χ1v) is 5.86. The van der Waals surface area contributed by atoms with E-state index < -0.39 is 5.97 Å². The third-order valence-electron chi connectivity index (χ3n) is 3.23. The van der Waals surface area contributed by atoms with Gasteiger partial charge in [-0.15, -0.1) is 5.10 Å². The van der Waals surface area contributed by atoms with Gasteiger partial charge in [-0.25, -0.2) is 4.98 Å². The Labute approximate surface area is 99.5 Å². The summed E-state index contributed by atoms with van der Waals surface area (Å²) in [6, 6.07) is 0. The second kappa shape index (κ2) is 5.56. The molecule has 2 N–H and O–H groups in total. The molecule has 0 saturated heterocycles. The largest absolute Gasteiger partial charge is 0.481 e. The van der Waals surface area contributed by atoms with E-state index in [-0.39, 0.29) is 5.92 Å². The van der Waals surface area contributed by atoms with Crippen molar-refractivity contribution in [2.24, 2.45) is 11.8 Å². The third kappa shape index (κ3) is 3.37. The lowest BCUT2D eigenvalue weighted by Gasteiger charge is -2.25. The molecule has 0 unspecified atom stereocenters. The van der Waals surface area contributed by atoms with Gasteiger partial charge in [0.15, 0.2) is 0 Å². The summed E-state index contributed by atoms with van der Waals surface area (Å²) in [5, 5.41) is 19.6. The predicted molar refractivity (Wildman–Crippen MR) is 61.4 cm³/mol. The minimum Gasteiger partial charge on any atom is -0.481 e. The zero-order valence-corrected chi connectivity index (χ0v) is 9.54. The first-order valence-electron chi connectivity index (χ1n) is 5.86. The van der Waals surface area contributed by atoms with E-state index >= 15 is 0 Å². The Morgan fingerprint density at radius 3 is 2.71 bits per heavy atom. The highest BCUT2D eigenvalue weighted by Gasteiger charge is 2.25. The zero-order chi connectivity index (χ0) is 12.1. The van der Waals surface area contributed by atoms with E-state index in [0.29, 0.717) is 11.9 Å². The van der Waals surface area contributed by atoms with Gasteiger partial charge in [0.25, 0.3) is 0 Å². The maximum atomic E-state index is 10.8. The fourth-order valence-corrected chi connectivity index (χ4v) is 2.18. The van der Waals surface area contributed by atoms with Crippen molar-refractivity contribution in [2.45, 2.75) is 25.7 Å². The fourth-order valence-electron chi connectivity index (χ4n) is 2.18. The van der Waals surface area contributed by atoms with E-state index in [1.54, 1.807) is 6.20 Å². The summed E-state index contributed by atoms with van der Waals surface area (Å²) in [7, 11) is 0. The molecule has 92 valence electrons. The number of aliphatic carboxylic acids is 1. The number of hydrogen-bond donors (Lipinski definition) is 2. The van der Waals surface area contributed by atoms with E-state index in [1.165, 1.54) is 6.20 Å². The molecule has 17 heavy (non-hydrogen) atoms. The van der Waals surface area contributed by atoms with Crippen molar-refractivity contribution in [1.82, 2.24) is 15.2 Å². The summed E-state index contributed by atoms with van der Waals surface area (Å²) in [5.74, 6) is 0.232. The number of nitrogens with zero attached hydrogens (tertiary/aromatic N) is 3. The van der Waals surface area contributed by atoms with Crippen molar-refractivity contribution in [3.8, 4) is 0 Å². The van der Waals surface area contributed by atoms with Crippen molar-refractivity contribution < 1.29 is 9.90 Å². The first-order chi connectivity index (χ1) is 8.25. The number of aromatic nitrogens is 3. The molecule has 6 nitrogen and oxygen atoms in total. The van der Waals surface area contributed by atoms with Crippen molar-refractivity contribution >= 4 is 11.9 Å². The van der Waals surface area contributed by atoms with E-state index in [2.05, 4.69) is 20.5 Å². The van der Waals surface area contributed by atoms with Crippen LogP contribution in [0.5, 0.6) is 0 Å². The predicted octanol–water partition coefficient (Wildman–Crippen LogP) is 1.17. The van der Waals surface area contributed by atoms with Gasteiger partial charge in [-0.2, -0.15) is 5.10 Å². The zero-order valence-electron chi connectivity index (χ0n) is 9.54. The van der Waals surface area contributed by atoms with Crippen LogP contribution < -0.4 is 5.32 Å². The average molecular weight is 236 g/mol. The van der Waals surface area contributed by atoms with E-state index in [4.69, 9.17) is 5.11 Å². The first kappa shape index (κ1) is 11.8. The van der Waals surface area contributed by atoms with Crippen molar-refractivity contribution in [2.75, 3.05) is 11.9 Å². The van der Waals surface area contributed by atoms with Crippen LogP contribution in [-0.2, 0) is 4.79 Å². The van der Waals surface area contributed by atoms with Crippen molar-refractivity contribution in [1.29, 1.82) is 0 Å². The Balaban J connectivity index is 1.74. The average Bonchev–Trinajstić information content (AvgIpc) is 2.38. The molecule has 1 aliphatic carbocycles. The highest BCUT2D eigenvalue weighted by molar-refractivity contribution is 5.69. The van der Waals surface area contributed by atoms with Gasteiger partial charge in [0, 0.05) is 6.54 Å². The third-order valence-corrected chi connectivity index (χ3v) is 3.23. The number of carboxylic acids is 1. The SMILES string of the molecule is O=C(O)C1CCC(CNc2nccnn2)CC1. The van der Waals surface area contributed by atoms with Gasteiger partial charge < -0.3 is 10.4 Å². The van der Waals surface area contributed by atoms with Crippen LogP contribution >= 0.6 is 0 Å². The molecule has 1 heterocycles. The molecule has 0 amide bonds. The molecule has 1 saturated carbocycles. The van der Waals surface area contributed by atoms with Crippen LogP contribution in [-0.4, -0.2) is 32.8 Å². The maximum absolute atomic E-state index is 10.8. The van der Waals surface area contributed by atoms with Crippen molar-refractivity contribution in [3.05, 3.63) is 12.4 Å². The molecule has 1 aromatic heterocycles. The Kier molecular flexibility index (Phi) is 3.85. The summed E-state index contributed by atoms with van der Waals surface area (Å²) < 4.78 is 0. The lowest BCUT2D eigenvalue weighted by molar-refractivity contribution is -0.143. The van der Waals surface area contributed by atoms with E-state index in [9.17, 15) is 4.79 Å². The van der Waals surface area contributed by atoms with E-state index in [1.807, 2.05) is 0 Å². The second-order valence-corrected chi connectivity index (χ2v) is 4.40. The molecule has 1 aromatic rings. The summed E-state index contributed by atoms with van der Waals surface area (Å²) in [6.07, 6.45) is 6.57. The molecular weight excluding hydrogens is 220 g/mol. The molecule has 6 heteroatoms. The van der Waals surface area contributed by atoms with Crippen LogP contribution in [0, 0.1) is 11.8 Å². The lowest BCUT2D eigenvalue weighted by Crippen LogP contribution is -2.25. The lowest BCUT2D eigenvalue weighted by atomic mass is 9.82. The Morgan fingerprint density at radius 2 is 2.12 bits per heavy atom. The van der Waals surface area contributed by atoms with Crippen LogP contribution in [0.4, 0.5) is 5.95 Å². The molecule has 0 radical (unpaired) electrons.